The van der Waals surface area contributed by atoms with Crippen molar-refractivity contribution in [2.75, 3.05) is 43.4 Å². The van der Waals surface area contributed by atoms with Gasteiger partial charge >= 0.3 is 0 Å². The lowest BCUT2D eigenvalue weighted by molar-refractivity contribution is 0.567. The lowest BCUT2D eigenvalue weighted by atomic mass is 10.2. The van der Waals surface area contributed by atoms with E-state index in [1.807, 2.05) is 13.1 Å². The molecular formula is C13H18FN5. The third-order valence-corrected chi connectivity index (χ3v) is 3.61. The van der Waals surface area contributed by atoms with Crippen LogP contribution in [0, 0.1) is 5.82 Å². The second-order valence-corrected chi connectivity index (χ2v) is 4.78. The molecule has 102 valence electrons. The molecule has 1 aromatic heterocycles. The van der Waals surface area contributed by atoms with Gasteiger partial charge in [-0.15, -0.1) is 0 Å². The summed E-state index contributed by atoms with van der Waals surface area (Å²) in [6.07, 6.45) is 0. The first-order valence-electron chi connectivity index (χ1n) is 6.50. The van der Waals surface area contributed by atoms with Gasteiger partial charge in [0.1, 0.15) is 5.82 Å². The van der Waals surface area contributed by atoms with E-state index in [4.69, 9.17) is 0 Å². The molecule has 2 N–H and O–H groups in total. The van der Waals surface area contributed by atoms with E-state index in [-0.39, 0.29) is 5.82 Å². The molecule has 2 heterocycles. The third-order valence-electron chi connectivity index (χ3n) is 3.61. The first kappa shape index (κ1) is 12.2. The van der Waals surface area contributed by atoms with Gasteiger partial charge in [-0.05, 0) is 12.1 Å². The molecule has 0 unspecified atom stereocenters. The van der Waals surface area contributed by atoms with Crippen molar-refractivity contribution in [1.82, 2.24) is 15.1 Å². The number of benzene rings is 1. The van der Waals surface area contributed by atoms with Crippen molar-refractivity contribution in [3.8, 4) is 0 Å². The van der Waals surface area contributed by atoms with Gasteiger partial charge in [0.2, 0.25) is 0 Å². The van der Waals surface area contributed by atoms with Crippen LogP contribution in [0.2, 0.25) is 0 Å². The highest BCUT2D eigenvalue weighted by molar-refractivity contribution is 5.92. The number of halogens is 1. The van der Waals surface area contributed by atoms with Gasteiger partial charge in [-0.25, -0.2) is 4.39 Å². The monoisotopic (exact) mass is 263 g/mol. The average Bonchev–Trinajstić information content (AvgIpc) is 2.75. The second kappa shape index (κ2) is 4.70. The minimum absolute atomic E-state index is 0.182. The smallest absolute Gasteiger partial charge is 0.155 e. The summed E-state index contributed by atoms with van der Waals surface area (Å²) < 4.78 is 16.1. The van der Waals surface area contributed by atoms with E-state index in [1.54, 1.807) is 17.8 Å². The zero-order valence-corrected chi connectivity index (χ0v) is 11.2. The number of anilines is 2. The second-order valence-electron chi connectivity index (χ2n) is 4.78. The molecule has 1 saturated heterocycles. The molecule has 6 heteroatoms. The van der Waals surface area contributed by atoms with Crippen molar-refractivity contribution in [3.63, 3.8) is 0 Å². The summed E-state index contributed by atoms with van der Waals surface area (Å²) in [6, 6.07) is 3.47. The Bertz CT molecular complexity index is 601. The van der Waals surface area contributed by atoms with E-state index in [9.17, 15) is 4.39 Å². The van der Waals surface area contributed by atoms with Crippen LogP contribution in [-0.2, 0) is 7.05 Å². The summed E-state index contributed by atoms with van der Waals surface area (Å²) in [5.41, 5.74) is 1.61. The van der Waals surface area contributed by atoms with Gasteiger partial charge in [-0.2, -0.15) is 5.10 Å². The summed E-state index contributed by atoms with van der Waals surface area (Å²) in [4.78, 5) is 2.08. The number of hydrogen-bond donors (Lipinski definition) is 2. The van der Waals surface area contributed by atoms with Crippen LogP contribution in [0.1, 0.15) is 0 Å². The summed E-state index contributed by atoms with van der Waals surface area (Å²) in [5.74, 6) is 0.530. The molecule has 1 aliphatic rings. The largest absolute Gasteiger partial charge is 0.371 e. The van der Waals surface area contributed by atoms with Crippen LogP contribution < -0.4 is 15.5 Å². The Kier molecular flexibility index (Phi) is 3.02. The van der Waals surface area contributed by atoms with Crippen LogP contribution in [0.3, 0.4) is 0 Å². The maximum atomic E-state index is 14.3. The van der Waals surface area contributed by atoms with Crippen LogP contribution in [0.15, 0.2) is 12.1 Å². The van der Waals surface area contributed by atoms with E-state index >= 15 is 0 Å². The molecule has 0 spiro atoms. The maximum Gasteiger partial charge on any atom is 0.155 e. The number of aromatic nitrogens is 2. The third kappa shape index (κ3) is 2.02. The summed E-state index contributed by atoms with van der Waals surface area (Å²) >= 11 is 0. The maximum absolute atomic E-state index is 14.3. The molecule has 0 amide bonds. The fourth-order valence-corrected chi connectivity index (χ4v) is 2.60. The van der Waals surface area contributed by atoms with Crippen molar-refractivity contribution in [1.29, 1.82) is 0 Å². The van der Waals surface area contributed by atoms with Gasteiger partial charge in [0.05, 0.1) is 11.2 Å². The highest BCUT2D eigenvalue weighted by Crippen LogP contribution is 2.29. The first-order chi connectivity index (χ1) is 9.20. The van der Waals surface area contributed by atoms with Crippen molar-refractivity contribution >= 4 is 22.4 Å². The Morgan fingerprint density at radius 1 is 1.32 bits per heavy atom. The molecule has 1 fully saturated rings. The molecule has 0 radical (unpaired) electrons. The Morgan fingerprint density at radius 2 is 2.05 bits per heavy atom. The summed E-state index contributed by atoms with van der Waals surface area (Å²) in [7, 11) is 3.67. The lowest BCUT2D eigenvalue weighted by Crippen LogP contribution is -2.43. The van der Waals surface area contributed by atoms with Gasteiger partial charge in [-0.3, -0.25) is 4.68 Å². The quantitative estimate of drug-likeness (QED) is 0.853. The number of rotatable bonds is 2. The molecular weight excluding hydrogens is 245 g/mol. The molecule has 3 rings (SSSR count). The molecule has 5 nitrogen and oxygen atoms in total. The molecule has 0 bridgehead atoms. The zero-order valence-electron chi connectivity index (χ0n) is 11.2. The highest BCUT2D eigenvalue weighted by Gasteiger charge is 2.18. The van der Waals surface area contributed by atoms with Crippen molar-refractivity contribution in [3.05, 3.63) is 17.9 Å². The Balaban J connectivity index is 2.10. The van der Waals surface area contributed by atoms with Gasteiger partial charge in [-0.1, -0.05) is 0 Å². The average molecular weight is 263 g/mol. The Hall–Kier alpha value is -1.82. The fraction of sp³-hybridized carbons (Fsp3) is 0.462. The minimum atomic E-state index is -0.182. The predicted octanol–water partition coefficient (Wildman–Crippen LogP) is 1.16. The van der Waals surface area contributed by atoms with E-state index < -0.39 is 0 Å². The number of fused-ring (bicyclic) bond motifs is 1. The SMILES string of the molecule is CNc1nn(C)c2cc(N3CCNCC3)c(F)cc12. The van der Waals surface area contributed by atoms with Gasteiger partial charge < -0.3 is 15.5 Å². The first-order valence-corrected chi connectivity index (χ1v) is 6.50. The molecule has 0 atom stereocenters. The number of nitrogens with one attached hydrogen (secondary N) is 2. The van der Waals surface area contributed by atoms with Crippen molar-refractivity contribution < 1.29 is 4.39 Å². The van der Waals surface area contributed by atoms with E-state index in [1.165, 1.54) is 0 Å². The van der Waals surface area contributed by atoms with E-state index in [0.29, 0.717) is 11.5 Å². The summed E-state index contributed by atoms with van der Waals surface area (Å²) in [5, 5.41) is 11.4. The fourth-order valence-electron chi connectivity index (χ4n) is 2.60. The van der Waals surface area contributed by atoms with Gasteiger partial charge in [0.25, 0.3) is 0 Å². The van der Waals surface area contributed by atoms with Crippen molar-refractivity contribution in [2.24, 2.45) is 7.05 Å². The highest BCUT2D eigenvalue weighted by atomic mass is 19.1. The van der Waals surface area contributed by atoms with Gasteiger partial charge in [0.15, 0.2) is 5.82 Å². The van der Waals surface area contributed by atoms with E-state index in [0.717, 1.165) is 37.1 Å². The number of nitrogens with zero attached hydrogens (tertiary/aromatic N) is 3. The van der Waals surface area contributed by atoms with Gasteiger partial charge in [0, 0.05) is 45.7 Å². The normalized spacial score (nSPS) is 16.1. The Morgan fingerprint density at radius 3 is 2.74 bits per heavy atom. The van der Waals surface area contributed by atoms with Crippen LogP contribution in [0.4, 0.5) is 15.9 Å². The zero-order chi connectivity index (χ0) is 13.4. The van der Waals surface area contributed by atoms with E-state index in [2.05, 4.69) is 20.6 Å². The lowest BCUT2D eigenvalue weighted by Gasteiger charge is -2.29. The summed E-state index contributed by atoms with van der Waals surface area (Å²) in [6.45, 7) is 3.45. The van der Waals surface area contributed by atoms with Crippen molar-refractivity contribution in [2.45, 2.75) is 0 Å². The number of piperazine rings is 1. The molecule has 0 aliphatic carbocycles. The Labute approximate surface area is 111 Å². The molecule has 1 aliphatic heterocycles. The molecule has 1 aromatic carbocycles. The van der Waals surface area contributed by atoms with Crippen LogP contribution >= 0.6 is 0 Å². The molecule has 2 aromatic rings. The topological polar surface area (TPSA) is 45.1 Å². The number of hydrogen-bond acceptors (Lipinski definition) is 4. The standard InChI is InChI=1S/C13H18FN5/c1-15-13-9-7-10(14)12(8-11(9)18(2)17-13)19-5-3-16-4-6-19/h7-8,16H,3-6H2,1-2H3,(H,15,17). The molecule has 19 heavy (non-hydrogen) atoms. The van der Waals surface area contributed by atoms with Crippen LogP contribution in [0.5, 0.6) is 0 Å². The molecule has 0 saturated carbocycles. The van der Waals surface area contributed by atoms with Crippen LogP contribution in [-0.4, -0.2) is 43.0 Å². The minimum Gasteiger partial charge on any atom is -0.371 e. The number of aryl methyl sites for hydroxylation is 1. The predicted molar refractivity (Wildman–Crippen MR) is 75.3 cm³/mol. The van der Waals surface area contributed by atoms with Crippen LogP contribution in [0.25, 0.3) is 10.9 Å².